The molecule has 0 aromatic heterocycles. The zero-order valence-corrected chi connectivity index (χ0v) is 41.6. The second-order valence-electron chi connectivity index (χ2n) is 19.6. The molecule has 384 valence electrons. The van der Waals surface area contributed by atoms with E-state index in [-0.39, 0.29) is 55.8 Å². The van der Waals surface area contributed by atoms with Crippen LogP contribution in [-0.2, 0) is 47.6 Å². The van der Waals surface area contributed by atoms with Gasteiger partial charge in [0.25, 0.3) is 11.7 Å². The van der Waals surface area contributed by atoms with E-state index in [0.717, 1.165) is 4.90 Å². The molecule has 3 aliphatic heterocycles. The second-order valence-corrected chi connectivity index (χ2v) is 19.6. The molecule has 4 rings (SSSR count). The van der Waals surface area contributed by atoms with Gasteiger partial charge in [-0.05, 0) is 118 Å². The molecular formula is C54H85NO13. The minimum atomic E-state index is -3.30. The summed E-state index contributed by atoms with van der Waals surface area (Å²) < 4.78 is 107. The summed E-state index contributed by atoms with van der Waals surface area (Å²) in [7, 11) is -0.0505. The zero-order valence-electron chi connectivity index (χ0n) is 50.6. The molecule has 2 saturated heterocycles. The van der Waals surface area contributed by atoms with Crippen LogP contribution in [0.1, 0.15) is 138 Å². The zero-order chi connectivity index (χ0) is 58.2. The number of piperidine rings is 1. The molecule has 0 radical (unpaired) electrons. The molecule has 3 heterocycles. The maximum atomic E-state index is 14.6. The summed E-state index contributed by atoms with van der Waals surface area (Å²) in [5, 5.41) is 33.6. The molecule has 0 unspecified atom stereocenters. The quantitative estimate of drug-likeness (QED) is 0.120. The fraction of sp³-hybridized carbons (Fsp3) is 0.741. The Hall–Kier alpha value is -3.34. The third kappa shape index (κ3) is 15.3. The van der Waals surface area contributed by atoms with Crippen molar-refractivity contribution in [3.8, 4) is 0 Å². The van der Waals surface area contributed by atoms with Crippen molar-refractivity contribution in [3.63, 3.8) is 0 Å². The first-order valence-corrected chi connectivity index (χ1v) is 24.3. The molecule has 0 aromatic rings. The van der Waals surface area contributed by atoms with E-state index in [1.807, 2.05) is 26.0 Å². The predicted octanol–water partition coefficient (Wildman–Crippen LogP) is 7.18. The number of esters is 1. The number of carbonyl (C=O) groups is 4. The van der Waals surface area contributed by atoms with Gasteiger partial charge < -0.3 is 48.6 Å². The lowest BCUT2D eigenvalue weighted by Crippen LogP contribution is -2.61. The summed E-state index contributed by atoms with van der Waals surface area (Å²) in [6.07, 6.45) is 2.48. The number of amides is 1. The SMILES string of the molecule is [2H]C([2H])([2H])O[C@H]1C[C@@H]2CC([2H])([2H])[C@@H](C)[C@@](O)(O2)C(=O)C(=O)N2CCCC[C@H]2C(=O)O[C@H]([C@H](C)C[C@@H]2CC[C@@H](OC([2H])([2H])C([2H])([2H])O)[C@H](OC)C2)CC(=O)[C@H](C)/C=C(\C)[C@@H](O)[C@@H](OC)C(=C)[C@H](C)C[C@H](C)/C=C/C=CC=C1C. The lowest BCUT2D eigenvalue weighted by atomic mass is 9.78. The number of hydrogen-bond donors (Lipinski definition) is 3. The van der Waals surface area contributed by atoms with Gasteiger partial charge in [-0.15, -0.1) is 0 Å². The number of carbonyl (C=O) groups excluding carboxylic acids is 4. The summed E-state index contributed by atoms with van der Waals surface area (Å²) in [5.74, 6) is -10.5. The number of hydrogen-bond acceptors (Lipinski definition) is 13. The molecule has 15 atom stereocenters. The average molecular weight is 965 g/mol. The van der Waals surface area contributed by atoms with Crippen LogP contribution in [0.25, 0.3) is 0 Å². The van der Waals surface area contributed by atoms with Gasteiger partial charge in [0, 0.05) is 55.2 Å². The van der Waals surface area contributed by atoms with Crippen molar-refractivity contribution >= 4 is 23.4 Å². The Morgan fingerprint density at radius 1 is 0.971 bits per heavy atom. The Bertz CT molecular complexity index is 2180. The van der Waals surface area contributed by atoms with Gasteiger partial charge in [-0.3, -0.25) is 14.4 Å². The smallest absolute Gasteiger partial charge is 0.329 e. The number of methoxy groups -OCH3 is 3. The lowest BCUT2D eigenvalue weighted by Gasteiger charge is -2.42. The highest BCUT2D eigenvalue weighted by Crippen LogP contribution is 2.38. The van der Waals surface area contributed by atoms with Gasteiger partial charge in [-0.1, -0.05) is 77.7 Å². The van der Waals surface area contributed by atoms with E-state index < -0.39 is 123 Å². The van der Waals surface area contributed by atoms with Gasteiger partial charge in [-0.25, -0.2) is 4.79 Å². The highest BCUT2D eigenvalue weighted by atomic mass is 16.6. The van der Waals surface area contributed by atoms with Crippen LogP contribution in [0.5, 0.6) is 0 Å². The number of aliphatic hydroxyl groups excluding tert-OH is 1. The second kappa shape index (κ2) is 27.3. The Morgan fingerprint density at radius 2 is 1.72 bits per heavy atom. The van der Waals surface area contributed by atoms with E-state index in [1.54, 1.807) is 52.0 Å². The van der Waals surface area contributed by atoms with Crippen molar-refractivity contribution in [2.24, 2.45) is 35.5 Å². The first kappa shape index (κ1) is 44.6. The monoisotopic (exact) mass is 965 g/mol. The standard InChI is InChI=1S/C54H85NO13/c1-33-17-13-12-14-18-34(2)46(63-9)31-42-22-20-39(7)54(62,68-42)51(59)52(60)55-24-16-15-19-43(55)53(61)67-47(37(5)29-41-21-23-45(66-26-25-56)48(30-41)64-10)32-44(57)36(4)28-38(6)49(58)50(65-11)40(8)35(3)27-33/h12-14,17-18,28,33,35-37,39,41-43,45-50,56,58,62H,8,15-16,19-27,29-32H2,1-7,9-11H3/b14-12?,17-13+,34-18?,38-28+/t33-,35-,36-,37-,39-,41+,42+,43+,45-,46+,47+,48-,49-,50+,54-/m1/s1/i9D3,20D2,25D2,26D2. The molecule has 1 aliphatic carbocycles. The molecule has 0 spiro atoms. The Morgan fingerprint density at radius 3 is 2.41 bits per heavy atom. The number of ether oxygens (including phenoxy) is 6. The van der Waals surface area contributed by atoms with E-state index >= 15 is 0 Å². The molecule has 3 fully saturated rings. The number of Topliss-reactive ketones (excluding diaryl/α,β-unsaturated/α-hetero) is 2. The van der Waals surface area contributed by atoms with Crippen molar-refractivity contribution < 1.29 is 75.3 Å². The minimum absolute atomic E-state index is 0.0201. The van der Waals surface area contributed by atoms with Crippen molar-refractivity contribution in [3.05, 3.63) is 59.8 Å². The summed E-state index contributed by atoms with van der Waals surface area (Å²) in [5.41, 5.74) is 1.47. The third-order valence-electron chi connectivity index (χ3n) is 14.4. The van der Waals surface area contributed by atoms with Crippen molar-refractivity contribution in [1.29, 1.82) is 0 Å². The number of nitrogens with zero attached hydrogens (tertiary/aromatic N) is 1. The van der Waals surface area contributed by atoms with E-state index in [2.05, 4.69) is 6.58 Å². The van der Waals surface area contributed by atoms with E-state index in [1.165, 1.54) is 21.1 Å². The first-order chi connectivity index (χ1) is 35.6. The number of aliphatic hydroxyl groups is 3. The maximum Gasteiger partial charge on any atom is 0.329 e. The van der Waals surface area contributed by atoms with E-state index in [4.69, 9.17) is 40.8 Å². The summed E-state index contributed by atoms with van der Waals surface area (Å²) in [6, 6.07) is -1.38. The molecule has 3 N–H and O–H groups in total. The van der Waals surface area contributed by atoms with Crippen LogP contribution in [0.4, 0.5) is 0 Å². The molecular weight excluding hydrogens is 871 g/mol. The number of rotatable bonds is 9. The highest BCUT2D eigenvalue weighted by Gasteiger charge is 2.53. The Balaban J connectivity index is 1.77. The van der Waals surface area contributed by atoms with Crippen LogP contribution in [0.2, 0.25) is 0 Å². The Labute approximate surface area is 419 Å². The molecule has 0 aromatic carbocycles. The molecule has 14 nitrogen and oxygen atoms in total. The van der Waals surface area contributed by atoms with Gasteiger partial charge in [0.15, 0.2) is 0 Å². The van der Waals surface area contributed by atoms with Gasteiger partial charge in [0.1, 0.15) is 30.1 Å². The normalized spacial score (nSPS) is 41.2. The van der Waals surface area contributed by atoms with Crippen LogP contribution >= 0.6 is 0 Å². The largest absolute Gasteiger partial charge is 0.460 e. The molecule has 14 heteroatoms. The molecule has 1 saturated carbocycles. The molecule has 68 heavy (non-hydrogen) atoms. The summed E-state index contributed by atoms with van der Waals surface area (Å²) in [6.45, 7) is 9.77. The van der Waals surface area contributed by atoms with E-state index in [9.17, 15) is 34.5 Å². The van der Waals surface area contributed by atoms with Gasteiger partial charge in [-0.2, -0.15) is 0 Å². The van der Waals surface area contributed by atoms with Crippen LogP contribution in [0, 0.1) is 35.5 Å². The van der Waals surface area contributed by atoms with Crippen LogP contribution < -0.4 is 0 Å². The number of fused-ring (bicyclic) bond motifs is 3. The summed E-state index contributed by atoms with van der Waals surface area (Å²) >= 11 is 0. The van der Waals surface area contributed by atoms with Crippen LogP contribution in [0.3, 0.4) is 0 Å². The average Bonchev–Trinajstić information content (AvgIpc) is 3.33. The lowest BCUT2D eigenvalue weighted by molar-refractivity contribution is -0.265. The number of cyclic esters (lactones) is 1. The van der Waals surface area contributed by atoms with Gasteiger partial charge >= 0.3 is 5.97 Å². The highest BCUT2D eigenvalue weighted by molar-refractivity contribution is 6.39. The van der Waals surface area contributed by atoms with Crippen molar-refractivity contribution in [2.45, 2.75) is 180 Å². The predicted molar refractivity (Wildman–Crippen MR) is 260 cm³/mol. The number of allylic oxidation sites excluding steroid dienone is 6. The third-order valence-corrected chi connectivity index (χ3v) is 14.4. The van der Waals surface area contributed by atoms with Crippen molar-refractivity contribution in [1.82, 2.24) is 4.90 Å². The minimum Gasteiger partial charge on any atom is -0.460 e. The number of ketones is 2. The van der Waals surface area contributed by atoms with E-state index in [0.29, 0.717) is 55.2 Å². The van der Waals surface area contributed by atoms with Crippen LogP contribution in [-0.4, -0.2) is 139 Å². The van der Waals surface area contributed by atoms with Crippen LogP contribution in [0.15, 0.2) is 59.8 Å². The Kier molecular flexibility index (Phi) is 17.9. The fourth-order valence-electron chi connectivity index (χ4n) is 10.0. The molecule has 4 aliphatic rings. The summed E-state index contributed by atoms with van der Waals surface area (Å²) in [4.78, 5) is 58.9. The molecule has 2 bridgehead atoms. The van der Waals surface area contributed by atoms with Crippen molar-refractivity contribution in [2.75, 3.05) is 40.9 Å². The van der Waals surface area contributed by atoms with Gasteiger partial charge in [0.2, 0.25) is 5.79 Å². The maximum absolute atomic E-state index is 14.6. The molecule has 1 amide bonds. The van der Waals surface area contributed by atoms with Gasteiger partial charge in [0.05, 0.1) is 47.1 Å². The topological polar surface area (TPSA) is 188 Å². The fourth-order valence-corrected chi connectivity index (χ4v) is 10.0. The first-order valence-electron chi connectivity index (χ1n) is 28.8.